The normalized spacial score (nSPS) is 19.7. The Morgan fingerprint density at radius 3 is 2.94 bits per heavy atom. The van der Waals surface area contributed by atoms with Gasteiger partial charge in [-0.1, -0.05) is 31.2 Å². The fraction of sp³-hybridized carbons (Fsp3) is 0.400. The number of hydrogen-bond donors (Lipinski definition) is 2. The molecule has 2 aromatic rings. The molecule has 1 heterocycles. The van der Waals surface area contributed by atoms with Gasteiger partial charge in [0.1, 0.15) is 5.75 Å². The van der Waals surface area contributed by atoms with E-state index in [1.165, 1.54) is 25.1 Å². The smallest absolute Gasteiger partial charge is 0.273 e. The van der Waals surface area contributed by atoms with Crippen molar-refractivity contribution in [3.8, 4) is 5.75 Å². The van der Waals surface area contributed by atoms with Crippen LogP contribution in [0.5, 0.6) is 5.75 Å². The van der Waals surface area contributed by atoms with Gasteiger partial charge in [-0.15, -0.1) is 0 Å². The van der Waals surface area contributed by atoms with Crippen molar-refractivity contribution in [2.45, 2.75) is 57.5 Å². The van der Waals surface area contributed by atoms with Crippen LogP contribution in [0.3, 0.4) is 0 Å². The lowest BCUT2D eigenvalue weighted by molar-refractivity contribution is -0.111. The van der Waals surface area contributed by atoms with E-state index in [-0.39, 0.29) is 17.9 Å². The largest absolute Gasteiger partial charge is 0.493 e. The van der Waals surface area contributed by atoms with E-state index in [1.54, 1.807) is 6.07 Å². The van der Waals surface area contributed by atoms with Crippen molar-refractivity contribution in [2.75, 3.05) is 11.9 Å². The summed E-state index contributed by atoms with van der Waals surface area (Å²) in [6, 6.07) is 10.2. The minimum absolute atomic E-state index is 0.0751. The maximum absolute atomic E-state index is 14.1. The molecule has 1 amide bonds. The van der Waals surface area contributed by atoms with Gasteiger partial charge in [-0.05, 0) is 54.5 Å². The Morgan fingerprint density at radius 1 is 1.29 bits per heavy atom. The first-order valence-corrected chi connectivity index (χ1v) is 10.8. The van der Waals surface area contributed by atoms with Gasteiger partial charge in [-0.3, -0.25) is 4.79 Å². The Morgan fingerprint density at radius 2 is 2.13 bits per heavy atom. The zero-order chi connectivity index (χ0) is 22.0. The number of aryl methyl sites for hydroxylation is 1. The topological polar surface area (TPSA) is 58.6 Å². The SMILES string of the molecule is CCC(F)(F)c1ccc2c(c1)OCCC/C2=C\C(=O)Nc1cccc2c1CC(O)CC2. The van der Waals surface area contributed by atoms with Crippen LogP contribution in [0.1, 0.15) is 54.9 Å². The maximum atomic E-state index is 14.1. The molecule has 0 bridgehead atoms. The van der Waals surface area contributed by atoms with Crippen molar-refractivity contribution >= 4 is 17.2 Å². The van der Waals surface area contributed by atoms with Crippen molar-refractivity contribution in [1.29, 1.82) is 0 Å². The molecule has 0 spiro atoms. The number of hydrogen-bond acceptors (Lipinski definition) is 3. The highest BCUT2D eigenvalue weighted by atomic mass is 19.3. The molecule has 1 aliphatic heterocycles. The fourth-order valence-electron chi connectivity index (χ4n) is 4.28. The predicted octanol–water partition coefficient (Wildman–Crippen LogP) is 5.23. The molecule has 2 N–H and O–H groups in total. The molecule has 0 saturated carbocycles. The number of halogens is 2. The average molecular weight is 427 g/mol. The molecular formula is C25H27F2NO3. The number of rotatable bonds is 4. The molecule has 0 radical (unpaired) electrons. The van der Waals surface area contributed by atoms with Gasteiger partial charge in [0.25, 0.3) is 5.92 Å². The van der Waals surface area contributed by atoms with Crippen molar-refractivity contribution in [1.82, 2.24) is 0 Å². The van der Waals surface area contributed by atoms with Gasteiger partial charge in [0.05, 0.1) is 12.7 Å². The van der Waals surface area contributed by atoms with Gasteiger partial charge in [0, 0.05) is 35.7 Å². The first-order valence-electron chi connectivity index (χ1n) is 10.8. The van der Waals surface area contributed by atoms with Crippen LogP contribution in [0.25, 0.3) is 5.57 Å². The average Bonchev–Trinajstić information content (AvgIpc) is 2.96. The van der Waals surface area contributed by atoms with E-state index in [0.717, 1.165) is 29.5 Å². The van der Waals surface area contributed by atoms with E-state index >= 15 is 0 Å². The van der Waals surface area contributed by atoms with E-state index in [2.05, 4.69) is 5.32 Å². The number of aliphatic hydroxyl groups excluding tert-OH is 1. The maximum Gasteiger partial charge on any atom is 0.273 e. The molecular weight excluding hydrogens is 400 g/mol. The second kappa shape index (κ2) is 8.79. The summed E-state index contributed by atoms with van der Waals surface area (Å²) in [6.07, 6.45) is 4.20. The molecule has 31 heavy (non-hydrogen) atoms. The summed E-state index contributed by atoms with van der Waals surface area (Å²) in [6.45, 7) is 1.86. The highest BCUT2D eigenvalue weighted by Gasteiger charge is 2.30. The molecule has 1 unspecified atom stereocenters. The van der Waals surface area contributed by atoms with Crippen LogP contribution in [-0.2, 0) is 23.6 Å². The van der Waals surface area contributed by atoms with Crippen LogP contribution in [0.15, 0.2) is 42.5 Å². The number of carbonyl (C=O) groups is 1. The lowest BCUT2D eigenvalue weighted by Crippen LogP contribution is -2.21. The van der Waals surface area contributed by atoms with E-state index < -0.39 is 12.0 Å². The van der Waals surface area contributed by atoms with Crippen molar-refractivity contribution < 1.29 is 23.4 Å². The van der Waals surface area contributed by atoms with Crippen LogP contribution in [0, 0.1) is 0 Å². The summed E-state index contributed by atoms with van der Waals surface area (Å²) in [5.74, 6) is -2.80. The number of ether oxygens (including phenoxy) is 1. The number of alkyl halides is 2. The Balaban J connectivity index is 1.60. The van der Waals surface area contributed by atoms with Crippen LogP contribution >= 0.6 is 0 Å². The lowest BCUT2D eigenvalue weighted by Gasteiger charge is -2.23. The first kappa shape index (κ1) is 21.5. The molecule has 0 fully saturated rings. The molecule has 1 aliphatic carbocycles. The van der Waals surface area contributed by atoms with Crippen LogP contribution in [-0.4, -0.2) is 23.7 Å². The second-order valence-corrected chi connectivity index (χ2v) is 8.22. The van der Waals surface area contributed by atoms with Gasteiger partial charge in [-0.2, -0.15) is 0 Å². The molecule has 0 aromatic heterocycles. The number of fused-ring (bicyclic) bond motifs is 2. The standard InChI is InChI=1S/C25H27F2NO3/c1-2-25(26,27)18-9-11-20-17(6-4-12-31-23(20)14-18)13-24(30)28-22-7-3-5-16-8-10-19(29)15-21(16)22/h3,5,7,9,11,13-14,19,29H,2,4,6,8,10,12,15H2,1H3,(H,28,30)/b17-13+. The Kier molecular flexibility index (Phi) is 6.10. The summed E-state index contributed by atoms with van der Waals surface area (Å²) < 4.78 is 34.0. The zero-order valence-corrected chi connectivity index (χ0v) is 17.6. The number of benzene rings is 2. The third-order valence-corrected chi connectivity index (χ3v) is 6.06. The summed E-state index contributed by atoms with van der Waals surface area (Å²) in [5.41, 5.74) is 4.20. The summed E-state index contributed by atoms with van der Waals surface area (Å²) in [5, 5.41) is 13.0. The third-order valence-electron chi connectivity index (χ3n) is 6.06. The van der Waals surface area contributed by atoms with E-state index in [9.17, 15) is 18.7 Å². The molecule has 2 aliphatic rings. The Hall–Kier alpha value is -2.73. The number of aliphatic hydroxyl groups is 1. The molecule has 4 nitrogen and oxygen atoms in total. The van der Waals surface area contributed by atoms with Gasteiger partial charge in [0.15, 0.2) is 0 Å². The fourth-order valence-corrected chi connectivity index (χ4v) is 4.28. The number of anilines is 1. The number of carbonyl (C=O) groups excluding carboxylic acids is 1. The van der Waals surface area contributed by atoms with Gasteiger partial charge in [0.2, 0.25) is 5.91 Å². The molecule has 6 heteroatoms. The summed E-state index contributed by atoms with van der Waals surface area (Å²) >= 11 is 0. The number of nitrogens with one attached hydrogen (secondary N) is 1. The van der Waals surface area contributed by atoms with Gasteiger partial charge < -0.3 is 15.2 Å². The lowest BCUT2D eigenvalue weighted by atomic mass is 9.88. The molecule has 164 valence electrons. The van der Waals surface area contributed by atoms with Crippen molar-refractivity contribution in [3.05, 3.63) is 64.7 Å². The van der Waals surface area contributed by atoms with Crippen LogP contribution in [0.2, 0.25) is 0 Å². The zero-order valence-electron chi connectivity index (χ0n) is 17.6. The van der Waals surface area contributed by atoms with E-state index in [1.807, 2.05) is 18.2 Å². The molecule has 2 aromatic carbocycles. The molecule has 4 rings (SSSR count). The van der Waals surface area contributed by atoms with E-state index in [0.29, 0.717) is 42.9 Å². The Bertz CT molecular complexity index is 1020. The first-order chi connectivity index (χ1) is 14.9. The van der Waals surface area contributed by atoms with Crippen molar-refractivity contribution in [3.63, 3.8) is 0 Å². The minimum Gasteiger partial charge on any atom is -0.493 e. The predicted molar refractivity (Wildman–Crippen MR) is 116 cm³/mol. The van der Waals surface area contributed by atoms with Gasteiger partial charge in [-0.25, -0.2) is 8.78 Å². The van der Waals surface area contributed by atoms with Gasteiger partial charge >= 0.3 is 0 Å². The molecule has 0 saturated heterocycles. The van der Waals surface area contributed by atoms with Crippen LogP contribution < -0.4 is 10.1 Å². The minimum atomic E-state index is -2.91. The van der Waals surface area contributed by atoms with Crippen LogP contribution in [0.4, 0.5) is 14.5 Å². The summed E-state index contributed by atoms with van der Waals surface area (Å²) in [7, 11) is 0. The van der Waals surface area contributed by atoms with E-state index in [4.69, 9.17) is 4.74 Å². The quantitative estimate of drug-likeness (QED) is 0.657. The molecule has 1 atom stereocenters. The number of allylic oxidation sites excluding steroid dienone is 1. The number of amides is 1. The second-order valence-electron chi connectivity index (χ2n) is 8.22. The Labute approximate surface area is 180 Å². The van der Waals surface area contributed by atoms with Crippen molar-refractivity contribution in [2.24, 2.45) is 0 Å². The monoisotopic (exact) mass is 427 g/mol. The highest BCUT2D eigenvalue weighted by Crippen LogP contribution is 2.39. The third kappa shape index (κ3) is 4.64. The highest BCUT2D eigenvalue weighted by molar-refractivity contribution is 6.04. The summed E-state index contributed by atoms with van der Waals surface area (Å²) in [4.78, 5) is 12.8.